The quantitative estimate of drug-likeness (QED) is 0.886. The average Bonchev–Trinajstić information content (AvgIpc) is 3.09. The Kier molecular flexibility index (Phi) is 5.04. The molecule has 1 aromatic rings. The molecule has 6 heteroatoms. The van der Waals surface area contributed by atoms with Crippen molar-refractivity contribution in [1.29, 1.82) is 0 Å². The van der Waals surface area contributed by atoms with Crippen molar-refractivity contribution in [2.24, 2.45) is 7.05 Å². The Morgan fingerprint density at radius 3 is 2.65 bits per heavy atom. The van der Waals surface area contributed by atoms with Crippen LogP contribution in [0, 0.1) is 6.92 Å². The fourth-order valence-corrected chi connectivity index (χ4v) is 4.04. The Morgan fingerprint density at radius 1 is 1.26 bits per heavy atom. The molecular formula is C17H31N5O. The SMILES string of the molecule is Cc1nnc(CN(C)C2CCN(CC3(O)CCCCC3)C2)n1C. The van der Waals surface area contributed by atoms with Gasteiger partial charge in [-0.3, -0.25) is 9.80 Å². The van der Waals surface area contributed by atoms with Crippen LogP contribution in [0.25, 0.3) is 0 Å². The van der Waals surface area contributed by atoms with Crippen molar-refractivity contribution in [3.8, 4) is 0 Å². The number of hydrogen-bond donors (Lipinski definition) is 1. The molecule has 0 aromatic carbocycles. The van der Waals surface area contributed by atoms with E-state index in [9.17, 15) is 5.11 Å². The van der Waals surface area contributed by atoms with Crippen LogP contribution < -0.4 is 0 Å². The molecule has 1 atom stereocenters. The van der Waals surface area contributed by atoms with Crippen molar-refractivity contribution in [3.63, 3.8) is 0 Å². The topological polar surface area (TPSA) is 57.4 Å². The van der Waals surface area contributed by atoms with Gasteiger partial charge in [-0.1, -0.05) is 19.3 Å². The third-order valence-electron chi connectivity index (χ3n) is 5.75. The molecule has 0 spiro atoms. The Labute approximate surface area is 139 Å². The molecule has 2 heterocycles. The average molecular weight is 321 g/mol. The summed E-state index contributed by atoms with van der Waals surface area (Å²) < 4.78 is 2.06. The van der Waals surface area contributed by atoms with Crippen LogP contribution in [0.4, 0.5) is 0 Å². The van der Waals surface area contributed by atoms with E-state index in [-0.39, 0.29) is 0 Å². The Morgan fingerprint density at radius 2 is 2.00 bits per heavy atom. The number of β-amino-alcohol motifs (C(OH)–C–C–N with tert-alkyl or cyclic N) is 1. The highest BCUT2D eigenvalue weighted by Gasteiger charge is 2.35. The summed E-state index contributed by atoms with van der Waals surface area (Å²) in [6.45, 7) is 5.81. The van der Waals surface area contributed by atoms with Gasteiger partial charge in [-0.15, -0.1) is 10.2 Å². The molecule has 0 bridgehead atoms. The highest BCUT2D eigenvalue weighted by Crippen LogP contribution is 2.30. The number of aliphatic hydroxyl groups is 1. The second-order valence-corrected chi connectivity index (χ2v) is 7.60. The first-order chi connectivity index (χ1) is 11.0. The van der Waals surface area contributed by atoms with E-state index in [0.717, 1.165) is 50.7 Å². The summed E-state index contributed by atoms with van der Waals surface area (Å²) in [4.78, 5) is 4.84. The van der Waals surface area contributed by atoms with Gasteiger partial charge in [0, 0.05) is 26.2 Å². The summed E-state index contributed by atoms with van der Waals surface area (Å²) in [6, 6.07) is 0.541. The molecule has 1 saturated heterocycles. The lowest BCUT2D eigenvalue weighted by Crippen LogP contribution is -2.44. The molecule has 0 radical (unpaired) electrons. The predicted molar refractivity (Wildman–Crippen MR) is 90.1 cm³/mol. The van der Waals surface area contributed by atoms with E-state index in [1.807, 2.05) is 14.0 Å². The smallest absolute Gasteiger partial charge is 0.146 e. The minimum atomic E-state index is -0.438. The summed E-state index contributed by atoms with van der Waals surface area (Å²) in [5.74, 6) is 1.98. The lowest BCUT2D eigenvalue weighted by atomic mass is 9.84. The van der Waals surface area contributed by atoms with Crippen molar-refractivity contribution in [2.45, 2.75) is 63.6 Å². The first-order valence-corrected chi connectivity index (χ1v) is 8.97. The number of rotatable bonds is 5. The van der Waals surface area contributed by atoms with Crippen molar-refractivity contribution in [2.75, 3.05) is 26.7 Å². The van der Waals surface area contributed by atoms with Gasteiger partial charge in [0.2, 0.25) is 0 Å². The zero-order valence-corrected chi connectivity index (χ0v) is 14.8. The van der Waals surface area contributed by atoms with Crippen LogP contribution in [0.3, 0.4) is 0 Å². The lowest BCUT2D eigenvalue weighted by molar-refractivity contribution is -0.0225. The molecule has 1 unspecified atom stereocenters. The number of likely N-dealkylation sites (tertiary alicyclic amines) is 1. The van der Waals surface area contributed by atoms with E-state index in [0.29, 0.717) is 6.04 Å². The standard InChI is InChI=1S/C17H31N5O/c1-14-18-19-16(21(14)3)12-20(2)15-7-10-22(11-15)13-17(23)8-5-4-6-9-17/h15,23H,4-13H2,1-3H3. The van der Waals surface area contributed by atoms with Crippen LogP contribution >= 0.6 is 0 Å². The van der Waals surface area contributed by atoms with Gasteiger partial charge >= 0.3 is 0 Å². The van der Waals surface area contributed by atoms with Crippen LogP contribution in [-0.2, 0) is 13.6 Å². The van der Waals surface area contributed by atoms with Crippen LogP contribution in [0.2, 0.25) is 0 Å². The number of aromatic nitrogens is 3. The molecule has 1 aromatic heterocycles. The number of nitrogens with zero attached hydrogens (tertiary/aromatic N) is 5. The summed E-state index contributed by atoms with van der Waals surface area (Å²) >= 11 is 0. The van der Waals surface area contributed by atoms with Gasteiger partial charge in [0.1, 0.15) is 11.6 Å². The van der Waals surface area contributed by atoms with Crippen molar-refractivity contribution < 1.29 is 5.11 Å². The Hall–Kier alpha value is -0.980. The first-order valence-electron chi connectivity index (χ1n) is 8.97. The minimum absolute atomic E-state index is 0.438. The zero-order chi connectivity index (χ0) is 16.4. The second kappa shape index (κ2) is 6.87. The van der Waals surface area contributed by atoms with E-state index in [1.54, 1.807) is 0 Å². The highest BCUT2D eigenvalue weighted by molar-refractivity contribution is 4.95. The van der Waals surface area contributed by atoms with Gasteiger partial charge in [-0.2, -0.15) is 0 Å². The summed E-state index contributed by atoms with van der Waals surface area (Å²) in [6.07, 6.45) is 6.76. The van der Waals surface area contributed by atoms with Gasteiger partial charge in [-0.25, -0.2) is 0 Å². The molecule has 2 aliphatic rings. The number of likely N-dealkylation sites (N-methyl/N-ethyl adjacent to an activating group) is 1. The van der Waals surface area contributed by atoms with E-state index in [1.165, 1.54) is 25.7 Å². The van der Waals surface area contributed by atoms with Gasteiger partial charge < -0.3 is 9.67 Å². The van der Waals surface area contributed by atoms with Crippen molar-refractivity contribution in [1.82, 2.24) is 24.6 Å². The van der Waals surface area contributed by atoms with Crippen molar-refractivity contribution in [3.05, 3.63) is 11.6 Å². The second-order valence-electron chi connectivity index (χ2n) is 7.60. The molecule has 1 saturated carbocycles. The molecule has 3 rings (SSSR count). The van der Waals surface area contributed by atoms with Crippen LogP contribution in [0.15, 0.2) is 0 Å². The molecule has 0 amide bonds. The third kappa shape index (κ3) is 3.92. The molecule has 6 nitrogen and oxygen atoms in total. The Bertz CT molecular complexity index is 523. The monoisotopic (exact) mass is 321 g/mol. The molecule has 130 valence electrons. The summed E-state index contributed by atoms with van der Waals surface area (Å²) in [5.41, 5.74) is -0.438. The molecule has 2 fully saturated rings. The van der Waals surface area contributed by atoms with Gasteiger partial charge in [0.25, 0.3) is 0 Å². The highest BCUT2D eigenvalue weighted by atomic mass is 16.3. The molecular weight excluding hydrogens is 290 g/mol. The molecule has 23 heavy (non-hydrogen) atoms. The molecule has 1 aliphatic carbocycles. The van der Waals surface area contributed by atoms with E-state index < -0.39 is 5.60 Å². The molecule has 1 N–H and O–H groups in total. The largest absolute Gasteiger partial charge is 0.389 e. The van der Waals surface area contributed by atoms with E-state index >= 15 is 0 Å². The maximum absolute atomic E-state index is 10.8. The zero-order valence-electron chi connectivity index (χ0n) is 14.8. The lowest BCUT2D eigenvalue weighted by Gasteiger charge is -2.35. The fraction of sp³-hybridized carbons (Fsp3) is 0.882. The van der Waals surface area contributed by atoms with Crippen LogP contribution in [0.5, 0.6) is 0 Å². The Balaban J connectivity index is 1.51. The van der Waals surface area contributed by atoms with Crippen LogP contribution in [0.1, 0.15) is 50.2 Å². The number of aryl methyl sites for hydroxylation is 1. The van der Waals surface area contributed by atoms with Crippen LogP contribution in [-0.4, -0.2) is 68.0 Å². The van der Waals surface area contributed by atoms with Gasteiger partial charge in [-0.05, 0) is 39.8 Å². The first kappa shape index (κ1) is 16.9. The minimum Gasteiger partial charge on any atom is -0.389 e. The predicted octanol–water partition coefficient (Wildman–Crippen LogP) is 1.32. The summed E-state index contributed by atoms with van der Waals surface area (Å²) in [7, 11) is 4.20. The maximum atomic E-state index is 10.8. The van der Waals surface area contributed by atoms with E-state index in [4.69, 9.17) is 0 Å². The van der Waals surface area contributed by atoms with Crippen molar-refractivity contribution >= 4 is 0 Å². The van der Waals surface area contributed by atoms with Gasteiger partial charge in [0.05, 0.1) is 12.1 Å². The third-order valence-corrected chi connectivity index (χ3v) is 5.75. The van der Waals surface area contributed by atoms with Gasteiger partial charge in [0.15, 0.2) is 0 Å². The normalized spacial score (nSPS) is 25.3. The number of hydrogen-bond acceptors (Lipinski definition) is 5. The summed E-state index contributed by atoms with van der Waals surface area (Å²) in [5, 5.41) is 19.2. The maximum Gasteiger partial charge on any atom is 0.146 e. The molecule has 1 aliphatic heterocycles. The fourth-order valence-electron chi connectivity index (χ4n) is 4.04. The van der Waals surface area contributed by atoms with E-state index in [2.05, 4.69) is 31.6 Å².